The number of nitrogens with one attached hydrogen (secondary N) is 1. The smallest absolute Gasteiger partial charge is 0.238 e. The molecule has 0 fully saturated rings. The van der Waals surface area contributed by atoms with E-state index in [4.69, 9.17) is 10.5 Å². The molecule has 0 bridgehead atoms. The van der Waals surface area contributed by atoms with Gasteiger partial charge in [-0.1, -0.05) is 0 Å². The van der Waals surface area contributed by atoms with Crippen LogP contribution < -0.4 is 15.8 Å². The average molecular weight is 233 g/mol. The maximum atomic E-state index is 5.68. The predicted molar refractivity (Wildman–Crippen MR) is 65.7 cm³/mol. The monoisotopic (exact) mass is 233 g/mol. The number of anilines is 2. The zero-order valence-corrected chi connectivity index (χ0v) is 9.84. The van der Waals surface area contributed by atoms with Crippen LogP contribution in [0.4, 0.5) is 11.5 Å². The Morgan fingerprint density at radius 1 is 1.47 bits per heavy atom. The van der Waals surface area contributed by atoms with Crippen LogP contribution in [0.2, 0.25) is 0 Å². The van der Waals surface area contributed by atoms with Crippen LogP contribution in [0.5, 0.6) is 5.88 Å². The van der Waals surface area contributed by atoms with Crippen LogP contribution in [0.15, 0.2) is 24.5 Å². The van der Waals surface area contributed by atoms with E-state index in [1.54, 1.807) is 17.9 Å². The minimum absolute atomic E-state index is 0.432. The molecule has 0 saturated carbocycles. The molecule has 3 N–H and O–H groups in total. The van der Waals surface area contributed by atoms with E-state index in [9.17, 15) is 0 Å². The van der Waals surface area contributed by atoms with E-state index in [2.05, 4.69) is 15.4 Å². The molecule has 2 heterocycles. The number of methoxy groups -OCH3 is 1. The quantitative estimate of drug-likeness (QED) is 0.824. The molecule has 0 amide bonds. The second-order valence-corrected chi connectivity index (χ2v) is 3.67. The summed E-state index contributed by atoms with van der Waals surface area (Å²) in [6.45, 7) is 0.661. The highest BCUT2D eigenvalue weighted by Crippen LogP contribution is 2.20. The Kier molecular flexibility index (Phi) is 3.13. The first-order valence-electron chi connectivity index (χ1n) is 5.21. The van der Waals surface area contributed by atoms with Crippen LogP contribution in [0.1, 0.15) is 5.56 Å². The highest BCUT2D eigenvalue weighted by atomic mass is 16.5. The summed E-state index contributed by atoms with van der Waals surface area (Å²) >= 11 is 0. The van der Waals surface area contributed by atoms with E-state index in [-0.39, 0.29) is 0 Å². The largest absolute Gasteiger partial charge is 0.479 e. The van der Waals surface area contributed by atoms with Gasteiger partial charge in [0.1, 0.15) is 5.82 Å². The summed E-state index contributed by atoms with van der Waals surface area (Å²) in [5.74, 6) is 1.15. The molecule has 2 rings (SSSR count). The third-order valence-electron chi connectivity index (χ3n) is 2.32. The van der Waals surface area contributed by atoms with Crippen LogP contribution >= 0.6 is 0 Å². The van der Waals surface area contributed by atoms with E-state index >= 15 is 0 Å². The van der Waals surface area contributed by atoms with E-state index in [0.717, 1.165) is 11.4 Å². The standard InChI is InChI=1S/C11H15N5O/c1-16-7-8(6-14-16)5-13-10-4-3-9(12)11(15-10)17-2/h3-4,6-7H,5,12H2,1-2H3,(H,13,15). The molecule has 0 atom stereocenters. The van der Waals surface area contributed by atoms with Crippen molar-refractivity contribution < 1.29 is 4.74 Å². The molecule has 0 radical (unpaired) electrons. The topological polar surface area (TPSA) is 78.0 Å². The van der Waals surface area contributed by atoms with Crippen molar-refractivity contribution in [3.8, 4) is 5.88 Å². The third-order valence-corrected chi connectivity index (χ3v) is 2.32. The molecule has 0 aliphatic heterocycles. The number of nitrogens with zero attached hydrogens (tertiary/aromatic N) is 3. The third kappa shape index (κ3) is 2.66. The Labute approximate surface area is 99.4 Å². The van der Waals surface area contributed by atoms with Gasteiger partial charge in [-0.2, -0.15) is 10.1 Å². The number of aryl methyl sites for hydroxylation is 1. The minimum Gasteiger partial charge on any atom is -0.479 e. The fraction of sp³-hybridized carbons (Fsp3) is 0.273. The molecular weight excluding hydrogens is 218 g/mol. The Morgan fingerprint density at radius 3 is 2.94 bits per heavy atom. The van der Waals surface area contributed by atoms with E-state index in [1.807, 2.05) is 25.5 Å². The Hall–Kier alpha value is -2.24. The van der Waals surface area contributed by atoms with Gasteiger partial charge < -0.3 is 15.8 Å². The van der Waals surface area contributed by atoms with Crippen LogP contribution in [0.25, 0.3) is 0 Å². The molecule has 6 heteroatoms. The molecule has 0 spiro atoms. The summed E-state index contributed by atoms with van der Waals surface area (Å²) in [5, 5.41) is 7.26. The highest BCUT2D eigenvalue weighted by molar-refractivity contribution is 5.53. The van der Waals surface area contributed by atoms with E-state index in [0.29, 0.717) is 18.1 Å². The number of hydrogen-bond donors (Lipinski definition) is 2. The SMILES string of the molecule is COc1nc(NCc2cnn(C)c2)ccc1N. The molecule has 2 aromatic heterocycles. The van der Waals surface area contributed by atoms with Gasteiger partial charge >= 0.3 is 0 Å². The summed E-state index contributed by atoms with van der Waals surface area (Å²) in [4.78, 5) is 4.23. The first-order valence-corrected chi connectivity index (χ1v) is 5.21. The Balaban J connectivity index is 2.04. The van der Waals surface area contributed by atoms with Gasteiger partial charge in [-0.25, -0.2) is 0 Å². The van der Waals surface area contributed by atoms with Crippen LogP contribution in [-0.2, 0) is 13.6 Å². The fourth-order valence-corrected chi connectivity index (χ4v) is 1.47. The Bertz CT molecular complexity index is 508. The average Bonchev–Trinajstić information content (AvgIpc) is 2.74. The van der Waals surface area contributed by atoms with Gasteiger partial charge in [-0.15, -0.1) is 0 Å². The van der Waals surface area contributed by atoms with Crippen molar-refractivity contribution in [1.82, 2.24) is 14.8 Å². The van der Waals surface area contributed by atoms with Gasteiger partial charge in [0, 0.05) is 25.4 Å². The molecule has 0 saturated heterocycles. The lowest BCUT2D eigenvalue weighted by Crippen LogP contribution is -2.03. The van der Waals surface area contributed by atoms with Crippen molar-refractivity contribution in [2.24, 2.45) is 7.05 Å². The molecule has 17 heavy (non-hydrogen) atoms. The number of hydrogen-bond acceptors (Lipinski definition) is 5. The lowest BCUT2D eigenvalue weighted by atomic mass is 10.3. The van der Waals surface area contributed by atoms with Crippen molar-refractivity contribution in [2.75, 3.05) is 18.2 Å². The van der Waals surface area contributed by atoms with Crippen LogP contribution in [0, 0.1) is 0 Å². The maximum Gasteiger partial charge on any atom is 0.238 e. The molecule has 2 aromatic rings. The molecule has 0 aliphatic carbocycles. The molecule has 0 unspecified atom stereocenters. The number of pyridine rings is 1. The van der Waals surface area contributed by atoms with E-state index < -0.39 is 0 Å². The molecule has 90 valence electrons. The molecule has 0 aromatic carbocycles. The number of rotatable bonds is 4. The van der Waals surface area contributed by atoms with Gasteiger partial charge in [-0.3, -0.25) is 4.68 Å². The van der Waals surface area contributed by atoms with Crippen molar-refractivity contribution in [3.05, 3.63) is 30.1 Å². The summed E-state index contributed by atoms with van der Waals surface area (Å²) < 4.78 is 6.81. The Morgan fingerprint density at radius 2 is 2.29 bits per heavy atom. The second-order valence-electron chi connectivity index (χ2n) is 3.67. The molecule has 0 aliphatic rings. The minimum atomic E-state index is 0.432. The summed E-state index contributed by atoms with van der Waals surface area (Å²) in [6.07, 6.45) is 3.75. The highest BCUT2D eigenvalue weighted by Gasteiger charge is 2.03. The number of nitrogen functional groups attached to an aromatic ring is 1. The van der Waals surface area contributed by atoms with Crippen LogP contribution in [-0.4, -0.2) is 21.9 Å². The second kappa shape index (κ2) is 4.73. The molecule has 6 nitrogen and oxygen atoms in total. The lowest BCUT2D eigenvalue weighted by molar-refractivity contribution is 0.401. The maximum absolute atomic E-state index is 5.68. The lowest BCUT2D eigenvalue weighted by Gasteiger charge is -2.07. The number of nitrogens with two attached hydrogens (primary N) is 1. The molecular formula is C11H15N5O. The van der Waals surface area contributed by atoms with Crippen molar-refractivity contribution >= 4 is 11.5 Å². The summed E-state index contributed by atoms with van der Waals surface area (Å²) in [6, 6.07) is 3.58. The zero-order chi connectivity index (χ0) is 12.3. The van der Waals surface area contributed by atoms with Crippen LogP contribution in [0.3, 0.4) is 0 Å². The first-order chi connectivity index (χ1) is 8.19. The predicted octanol–water partition coefficient (Wildman–Crippen LogP) is 1.02. The van der Waals surface area contributed by atoms with Gasteiger partial charge in [0.2, 0.25) is 5.88 Å². The number of aromatic nitrogens is 3. The van der Waals surface area contributed by atoms with Gasteiger partial charge in [-0.05, 0) is 12.1 Å². The zero-order valence-electron chi connectivity index (χ0n) is 9.84. The summed E-state index contributed by atoms with van der Waals surface area (Å²) in [5.41, 5.74) is 7.30. The van der Waals surface area contributed by atoms with Gasteiger partial charge in [0.15, 0.2) is 0 Å². The normalized spacial score (nSPS) is 10.2. The van der Waals surface area contributed by atoms with Crippen molar-refractivity contribution in [2.45, 2.75) is 6.54 Å². The first kappa shape index (κ1) is 11.3. The van der Waals surface area contributed by atoms with Gasteiger partial charge in [0.05, 0.1) is 19.0 Å². The van der Waals surface area contributed by atoms with Gasteiger partial charge in [0.25, 0.3) is 0 Å². The van der Waals surface area contributed by atoms with Crippen molar-refractivity contribution in [1.29, 1.82) is 0 Å². The fourth-order valence-electron chi connectivity index (χ4n) is 1.47. The van der Waals surface area contributed by atoms with Crippen molar-refractivity contribution in [3.63, 3.8) is 0 Å². The number of ether oxygens (including phenoxy) is 1. The van der Waals surface area contributed by atoms with E-state index in [1.165, 1.54) is 0 Å². The summed E-state index contributed by atoms with van der Waals surface area (Å²) in [7, 11) is 3.43.